The highest BCUT2D eigenvalue weighted by atomic mass is 16.3. The zero-order chi connectivity index (χ0) is 13.1. The minimum Gasteiger partial charge on any atom is -0.394 e. The zero-order valence-corrected chi connectivity index (χ0v) is 10.2. The van der Waals surface area contributed by atoms with Gasteiger partial charge in [-0.1, -0.05) is 13.8 Å². The molecule has 3 N–H and O–H groups in total. The molecular formula is C12H18N2O3. The van der Waals surface area contributed by atoms with Crippen molar-refractivity contribution < 1.29 is 15.0 Å². The molecule has 0 saturated carbocycles. The lowest BCUT2D eigenvalue weighted by Gasteiger charge is -2.31. The summed E-state index contributed by atoms with van der Waals surface area (Å²) in [6, 6.07) is 1.91. The molecule has 17 heavy (non-hydrogen) atoms. The first-order chi connectivity index (χ1) is 7.89. The van der Waals surface area contributed by atoms with Crippen molar-refractivity contribution >= 4 is 5.78 Å². The molecule has 0 bridgehead atoms. The van der Waals surface area contributed by atoms with Gasteiger partial charge in [0.1, 0.15) is 11.6 Å². The molecule has 1 unspecified atom stereocenters. The zero-order valence-electron chi connectivity index (χ0n) is 10.2. The normalized spacial score (nSPS) is 21.0. The van der Waals surface area contributed by atoms with Crippen LogP contribution in [0.2, 0.25) is 0 Å². The van der Waals surface area contributed by atoms with E-state index in [0.717, 1.165) is 0 Å². The molecule has 0 aliphatic heterocycles. The topological polar surface area (TPSA) is 93.4 Å². The third kappa shape index (κ3) is 3.55. The molecule has 1 aliphatic carbocycles. The molecule has 0 heterocycles. The Morgan fingerprint density at radius 1 is 1.53 bits per heavy atom. The monoisotopic (exact) mass is 238 g/mol. The van der Waals surface area contributed by atoms with Crippen LogP contribution in [0, 0.1) is 16.7 Å². The summed E-state index contributed by atoms with van der Waals surface area (Å²) in [7, 11) is 0. The van der Waals surface area contributed by atoms with Crippen molar-refractivity contribution in [2.24, 2.45) is 5.41 Å². The maximum Gasteiger partial charge on any atom is 0.175 e. The number of rotatable bonds is 4. The van der Waals surface area contributed by atoms with Crippen LogP contribution in [-0.4, -0.2) is 35.3 Å². The van der Waals surface area contributed by atoms with Gasteiger partial charge in [-0.05, 0) is 11.8 Å². The molecule has 0 saturated heterocycles. The lowest BCUT2D eigenvalue weighted by Crippen LogP contribution is -2.35. The molecule has 0 aromatic carbocycles. The second kappa shape index (κ2) is 5.30. The van der Waals surface area contributed by atoms with Crippen LogP contribution < -0.4 is 5.32 Å². The third-order valence-electron chi connectivity index (χ3n) is 2.75. The van der Waals surface area contributed by atoms with Gasteiger partial charge in [0.15, 0.2) is 5.78 Å². The van der Waals surface area contributed by atoms with Crippen LogP contribution in [0.1, 0.15) is 26.7 Å². The Balaban J connectivity index is 2.84. The number of carbonyl (C=O) groups excluding carboxylic acids is 1. The number of hydrogen-bond acceptors (Lipinski definition) is 5. The average Bonchev–Trinajstić information content (AvgIpc) is 2.24. The molecule has 1 rings (SSSR count). The van der Waals surface area contributed by atoms with Gasteiger partial charge in [0.05, 0.1) is 12.7 Å². The summed E-state index contributed by atoms with van der Waals surface area (Å²) in [4.78, 5) is 11.7. The summed E-state index contributed by atoms with van der Waals surface area (Å²) >= 11 is 0. The fraction of sp³-hybridized carbons (Fsp3) is 0.667. The van der Waals surface area contributed by atoms with E-state index in [-0.39, 0.29) is 29.9 Å². The molecule has 5 heteroatoms. The lowest BCUT2D eigenvalue weighted by molar-refractivity contribution is -0.117. The number of hydrogen-bond donors (Lipinski definition) is 3. The van der Waals surface area contributed by atoms with E-state index in [4.69, 9.17) is 10.4 Å². The Bertz CT molecular complexity index is 380. The van der Waals surface area contributed by atoms with E-state index in [9.17, 15) is 9.90 Å². The summed E-state index contributed by atoms with van der Waals surface area (Å²) in [5, 5.41) is 29.8. The number of ketones is 1. The predicted octanol–water partition coefficient (Wildman–Crippen LogP) is 0.0960. The standard InChI is InChI=1S/C12H18N2O3/c1-12(2)3-10(14-6-8(16)7-15)9(5-13)11(17)4-12/h8,14-16H,3-4,6-7H2,1-2H3. The van der Waals surface area contributed by atoms with Crippen molar-refractivity contribution in [3.63, 3.8) is 0 Å². The van der Waals surface area contributed by atoms with E-state index in [2.05, 4.69) is 5.32 Å². The van der Waals surface area contributed by atoms with E-state index < -0.39 is 6.10 Å². The maximum atomic E-state index is 11.7. The van der Waals surface area contributed by atoms with Crippen molar-refractivity contribution in [1.29, 1.82) is 5.26 Å². The van der Waals surface area contributed by atoms with Gasteiger partial charge >= 0.3 is 0 Å². The van der Waals surface area contributed by atoms with Crippen LogP contribution in [0.5, 0.6) is 0 Å². The van der Waals surface area contributed by atoms with Crippen LogP contribution in [0.3, 0.4) is 0 Å². The second-order valence-corrected chi connectivity index (χ2v) is 5.12. The van der Waals surface area contributed by atoms with Gasteiger partial charge in [-0.25, -0.2) is 0 Å². The number of aliphatic hydroxyl groups is 2. The van der Waals surface area contributed by atoms with Gasteiger partial charge in [0, 0.05) is 18.7 Å². The number of nitrogens with zero attached hydrogens (tertiary/aromatic N) is 1. The van der Waals surface area contributed by atoms with Crippen molar-refractivity contribution in [1.82, 2.24) is 5.32 Å². The van der Waals surface area contributed by atoms with E-state index >= 15 is 0 Å². The van der Waals surface area contributed by atoms with Gasteiger partial charge in [0.25, 0.3) is 0 Å². The molecule has 94 valence electrons. The fourth-order valence-corrected chi connectivity index (χ4v) is 1.91. The first-order valence-electron chi connectivity index (χ1n) is 5.59. The number of carbonyl (C=O) groups is 1. The van der Waals surface area contributed by atoms with Crippen LogP contribution in [0.4, 0.5) is 0 Å². The van der Waals surface area contributed by atoms with Crippen molar-refractivity contribution in [2.75, 3.05) is 13.2 Å². The number of nitrogens with one attached hydrogen (secondary N) is 1. The molecule has 0 radical (unpaired) electrons. The highest BCUT2D eigenvalue weighted by Gasteiger charge is 2.33. The maximum absolute atomic E-state index is 11.7. The van der Waals surface area contributed by atoms with E-state index in [1.807, 2.05) is 19.9 Å². The fourth-order valence-electron chi connectivity index (χ4n) is 1.91. The molecular weight excluding hydrogens is 220 g/mol. The first kappa shape index (κ1) is 13.7. The predicted molar refractivity (Wildman–Crippen MR) is 61.8 cm³/mol. The van der Waals surface area contributed by atoms with Crippen LogP contribution in [-0.2, 0) is 4.79 Å². The Morgan fingerprint density at radius 3 is 2.71 bits per heavy atom. The summed E-state index contributed by atoms with van der Waals surface area (Å²) in [5.41, 5.74) is 0.542. The van der Waals surface area contributed by atoms with Gasteiger partial charge in [-0.2, -0.15) is 5.26 Å². The van der Waals surface area contributed by atoms with E-state index in [0.29, 0.717) is 18.5 Å². The van der Waals surface area contributed by atoms with E-state index in [1.165, 1.54) is 0 Å². The molecule has 0 aromatic rings. The molecule has 0 spiro atoms. The van der Waals surface area contributed by atoms with Crippen molar-refractivity contribution in [2.45, 2.75) is 32.8 Å². The quantitative estimate of drug-likeness (QED) is 0.645. The van der Waals surface area contributed by atoms with Gasteiger partial charge in [0.2, 0.25) is 0 Å². The minimum atomic E-state index is -0.886. The van der Waals surface area contributed by atoms with Crippen LogP contribution in [0.25, 0.3) is 0 Å². The summed E-state index contributed by atoms with van der Waals surface area (Å²) in [6.45, 7) is 3.71. The van der Waals surface area contributed by atoms with Crippen molar-refractivity contribution in [3.8, 4) is 6.07 Å². The number of nitriles is 1. The van der Waals surface area contributed by atoms with Gasteiger partial charge < -0.3 is 15.5 Å². The number of Topliss-reactive ketones (excluding diaryl/α,β-unsaturated/α-hetero) is 1. The SMILES string of the molecule is CC1(C)CC(=O)C(C#N)=C(NCC(O)CO)C1. The minimum absolute atomic E-state index is 0.139. The summed E-state index contributed by atoms with van der Waals surface area (Å²) in [6.07, 6.45) is 0.0752. The van der Waals surface area contributed by atoms with Gasteiger partial charge in [-0.3, -0.25) is 4.79 Å². The summed E-state index contributed by atoms with van der Waals surface area (Å²) < 4.78 is 0. The number of aliphatic hydroxyl groups excluding tert-OH is 2. The third-order valence-corrected chi connectivity index (χ3v) is 2.75. The Labute approximate surface area is 101 Å². The Morgan fingerprint density at radius 2 is 2.18 bits per heavy atom. The van der Waals surface area contributed by atoms with Gasteiger partial charge in [-0.15, -0.1) is 0 Å². The second-order valence-electron chi connectivity index (χ2n) is 5.12. The van der Waals surface area contributed by atoms with E-state index in [1.54, 1.807) is 0 Å². The smallest absolute Gasteiger partial charge is 0.175 e. The highest BCUT2D eigenvalue weighted by molar-refractivity contribution is 6.01. The molecule has 1 atom stereocenters. The Hall–Kier alpha value is -1.38. The molecule has 1 aliphatic rings. The van der Waals surface area contributed by atoms with Crippen LogP contribution >= 0.6 is 0 Å². The molecule has 0 fully saturated rings. The lowest BCUT2D eigenvalue weighted by atomic mass is 9.76. The van der Waals surface area contributed by atoms with Crippen molar-refractivity contribution in [3.05, 3.63) is 11.3 Å². The van der Waals surface area contributed by atoms with Crippen LogP contribution in [0.15, 0.2) is 11.3 Å². The molecule has 0 amide bonds. The largest absolute Gasteiger partial charge is 0.394 e. The Kier molecular flexibility index (Phi) is 4.27. The number of allylic oxidation sites excluding steroid dienone is 2. The summed E-state index contributed by atoms with van der Waals surface area (Å²) in [5.74, 6) is -0.162. The first-order valence-corrected chi connectivity index (χ1v) is 5.59. The molecule has 5 nitrogen and oxygen atoms in total. The molecule has 0 aromatic heterocycles. The highest BCUT2D eigenvalue weighted by Crippen LogP contribution is 2.35. The average molecular weight is 238 g/mol.